The van der Waals surface area contributed by atoms with Crippen LogP contribution in [0.4, 0.5) is 0 Å². The van der Waals surface area contributed by atoms with Gasteiger partial charge in [0.15, 0.2) is 6.04 Å². The molecular formula is C36H70NO10P. The third-order valence-electron chi connectivity index (χ3n) is 8.40. The Bertz CT molecular complexity index is 844. The maximum absolute atomic E-state index is 12.2. The van der Waals surface area contributed by atoms with Crippen molar-refractivity contribution in [3.05, 3.63) is 0 Å². The summed E-state index contributed by atoms with van der Waals surface area (Å²) in [6.07, 6.45) is 27.2. The molecule has 0 bridgehead atoms. The number of esters is 1. The molecular weight excluding hydrogens is 637 g/mol. The lowest BCUT2D eigenvalue weighted by Gasteiger charge is -2.18. The third-order valence-corrected chi connectivity index (χ3v) is 9.35. The van der Waals surface area contributed by atoms with Crippen LogP contribution >= 0.6 is 7.82 Å². The summed E-state index contributed by atoms with van der Waals surface area (Å²) in [5, 5.41) is 21.7. The number of aliphatic carboxylic acids is 1. The van der Waals surface area contributed by atoms with Gasteiger partial charge < -0.3 is 25.2 Å². The maximum atomic E-state index is 12.2. The summed E-state index contributed by atoms with van der Waals surface area (Å²) in [5.41, 5.74) is 0. The predicted octanol–water partition coefficient (Wildman–Crippen LogP) is 8.78. The van der Waals surface area contributed by atoms with Gasteiger partial charge in [-0.25, -0.2) is 9.36 Å². The number of carboxylic acids is 1. The van der Waals surface area contributed by atoms with E-state index in [1.807, 2.05) is 0 Å². The topological polar surface area (TPSA) is 169 Å². The molecule has 0 aromatic heterocycles. The number of rotatable bonds is 36. The predicted molar refractivity (Wildman–Crippen MR) is 190 cm³/mol. The summed E-state index contributed by atoms with van der Waals surface area (Å²) >= 11 is 0. The molecule has 11 nitrogen and oxygen atoms in total. The van der Waals surface area contributed by atoms with Crippen LogP contribution < -0.4 is 5.32 Å². The average Bonchev–Trinajstić information content (AvgIpc) is 3.05. The number of carbonyl (C=O) groups excluding carboxylic acids is 2. The molecule has 0 aromatic rings. The lowest BCUT2D eigenvalue weighted by atomic mass is 10.0. The molecule has 3 atom stereocenters. The van der Waals surface area contributed by atoms with E-state index >= 15 is 0 Å². The molecule has 284 valence electrons. The summed E-state index contributed by atoms with van der Waals surface area (Å²) in [6.45, 7) is 2.55. The number of amides is 1. The van der Waals surface area contributed by atoms with Crippen molar-refractivity contribution >= 4 is 25.7 Å². The number of hydrogen-bond donors (Lipinski definition) is 4. The number of aliphatic hydroxyl groups excluding tert-OH is 1. The fourth-order valence-electron chi connectivity index (χ4n) is 5.37. The summed E-state index contributed by atoms with van der Waals surface area (Å²) in [7, 11) is -4.74. The molecule has 0 radical (unpaired) electrons. The van der Waals surface area contributed by atoms with Crippen LogP contribution in [0.1, 0.15) is 181 Å². The third kappa shape index (κ3) is 31.7. The number of ether oxygens (including phenoxy) is 1. The van der Waals surface area contributed by atoms with Crippen molar-refractivity contribution in [3.63, 3.8) is 0 Å². The van der Waals surface area contributed by atoms with Gasteiger partial charge in [0.2, 0.25) is 5.91 Å². The quantitative estimate of drug-likeness (QED) is 0.0281. The fraction of sp³-hybridized carbons (Fsp3) is 0.917. The number of hydrogen-bond acceptors (Lipinski definition) is 8. The van der Waals surface area contributed by atoms with E-state index in [1.54, 1.807) is 0 Å². The average molecular weight is 708 g/mol. The van der Waals surface area contributed by atoms with E-state index in [1.165, 1.54) is 103 Å². The van der Waals surface area contributed by atoms with Gasteiger partial charge in [-0.3, -0.25) is 18.6 Å². The van der Waals surface area contributed by atoms with E-state index < -0.39 is 57.6 Å². The minimum absolute atomic E-state index is 0.150. The van der Waals surface area contributed by atoms with E-state index in [4.69, 9.17) is 13.8 Å². The SMILES string of the molecule is CCCCCCCCCCCCCCCCCC(=O)OCC(O)COP(=O)(O)OCC(NC(=O)CCCCCCCCCCC)C(=O)O. The Hall–Kier alpha value is -1.52. The monoisotopic (exact) mass is 707 g/mol. The summed E-state index contributed by atoms with van der Waals surface area (Å²) in [5.74, 6) is -2.37. The van der Waals surface area contributed by atoms with Crippen molar-refractivity contribution in [3.8, 4) is 0 Å². The molecule has 0 aromatic carbocycles. The van der Waals surface area contributed by atoms with Gasteiger partial charge in [0.05, 0.1) is 13.2 Å². The lowest BCUT2D eigenvalue weighted by Crippen LogP contribution is -2.43. The molecule has 0 spiro atoms. The number of carboxylic acid groups (broad SMARTS) is 1. The van der Waals surface area contributed by atoms with Crippen LogP contribution in [0.25, 0.3) is 0 Å². The molecule has 3 unspecified atom stereocenters. The van der Waals surface area contributed by atoms with Crippen molar-refractivity contribution in [1.29, 1.82) is 0 Å². The van der Waals surface area contributed by atoms with Crippen molar-refractivity contribution in [2.24, 2.45) is 0 Å². The smallest absolute Gasteiger partial charge is 0.472 e. The molecule has 12 heteroatoms. The van der Waals surface area contributed by atoms with Crippen LogP contribution in [0, 0.1) is 0 Å². The van der Waals surface area contributed by atoms with Crippen molar-refractivity contribution in [1.82, 2.24) is 5.32 Å². The molecule has 0 aliphatic rings. The molecule has 4 N–H and O–H groups in total. The highest BCUT2D eigenvalue weighted by molar-refractivity contribution is 7.47. The molecule has 0 saturated carbocycles. The van der Waals surface area contributed by atoms with Gasteiger partial charge in [-0.2, -0.15) is 0 Å². The maximum Gasteiger partial charge on any atom is 0.472 e. The summed E-state index contributed by atoms with van der Waals surface area (Å²) in [4.78, 5) is 45.5. The number of carbonyl (C=O) groups is 3. The zero-order valence-corrected chi connectivity index (χ0v) is 31.2. The molecule has 0 aliphatic carbocycles. The Morgan fingerprint density at radius 3 is 1.38 bits per heavy atom. The first-order valence-corrected chi connectivity index (χ1v) is 20.6. The van der Waals surface area contributed by atoms with Crippen molar-refractivity contribution in [2.75, 3.05) is 19.8 Å². The van der Waals surface area contributed by atoms with E-state index in [0.717, 1.165) is 38.5 Å². The summed E-state index contributed by atoms with van der Waals surface area (Å²) in [6, 6.07) is -1.54. The molecule has 0 rings (SSSR count). The number of unbranched alkanes of at least 4 members (excludes halogenated alkanes) is 22. The van der Waals surface area contributed by atoms with E-state index in [9.17, 15) is 34.1 Å². The molecule has 0 heterocycles. The number of phosphoric acid groups is 1. The largest absolute Gasteiger partial charge is 0.480 e. The van der Waals surface area contributed by atoms with Crippen LogP contribution in [0.5, 0.6) is 0 Å². The normalized spacial score (nSPS) is 13.9. The molecule has 48 heavy (non-hydrogen) atoms. The van der Waals surface area contributed by atoms with Gasteiger partial charge in [0.1, 0.15) is 12.7 Å². The first kappa shape index (κ1) is 46.5. The molecule has 0 fully saturated rings. The Balaban J connectivity index is 3.90. The second kappa shape index (κ2) is 32.7. The van der Waals surface area contributed by atoms with Gasteiger partial charge >= 0.3 is 19.8 Å². The van der Waals surface area contributed by atoms with Crippen molar-refractivity contribution < 1.29 is 47.8 Å². The van der Waals surface area contributed by atoms with Crippen LogP contribution in [0.15, 0.2) is 0 Å². The minimum atomic E-state index is -4.74. The summed E-state index contributed by atoms with van der Waals surface area (Å²) < 4.78 is 26.7. The molecule has 0 saturated heterocycles. The highest BCUT2D eigenvalue weighted by Gasteiger charge is 2.28. The van der Waals surface area contributed by atoms with Crippen molar-refractivity contribution in [2.45, 2.75) is 193 Å². The van der Waals surface area contributed by atoms with Gasteiger partial charge in [-0.05, 0) is 12.8 Å². The lowest BCUT2D eigenvalue weighted by molar-refractivity contribution is -0.147. The van der Waals surface area contributed by atoms with E-state index in [-0.39, 0.29) is 12.8 Å². The van der Waals surface area contributed by atoms with Gasteiger partial charge in [-0.15, -0.1) is 0 Å². The van der Waals surface area contributed by atoms with Crippen LogP contribution in [0.2, 0.25) is 0 Å². The van der Waals surface area contributed by atoms with Crippen LogP contribution in [-0.4, -0.2) is 64.9 Å². The number of aliphatic hydroxyl groups is 1. The number of nitrogens with one attached hydrogen (secondary N) is 1. The second-order valence-corrected chi connectivity index (χ2v) is 14.6. The van der Waals surface area contributed by atoms with E-state index in [2.05, 4.69) is 19.2 Å². The molecule has 0 aliphatic heterocycles. The fourth-order valence-corrected chi connectivity index (χ4v) is 6.15. The highest BCUT2D eigenvalue weighted by Crippen LogP contribution is 2.43. The minimum Gasteiger partial charge on any atom is -0.480 e. The van der Waals surface area contributed by atoms with Gasteiger partial charge in [0.25, 0.3) is 0 Å². The Labute approximate surface area is 291 Å². The van der Waals surface area contributed by atoms with Crippen LogP contribution in [-0.2, 0) is 32.7 Å². The van der Waals surface area contributed by atoms with Gasteiger partial charge in [-0.1, -0.05) is 155 Å². The Morgan fingerprint density at radius 1 is 0.583 bits per heavy atom. The second-order valence-electron chi connectivity index (χ2n) is 13.1. The van der Waals surface area contributed by atoms with E-state index in [0.29, 0.717) is 12.8 Å². The Kier molecular flexibility index (Phi) is 31.6. The Morgan fingerprint density at radius 2 is 0.958 bits per heavy atom. The van der Waals surface area contributed by atoms with Gasteiger partial charge in [0, 0.05) is 12.8 Å². The zero-order valence-electron chi connectivity index (χ0n) is 30.3. The highest BCUT2D eigenvalue weighted by atomic mass is 31.2. The molecule has 1 amide bonds. The number of phosphoric ester groups is 1. The first-order chi connectivity index (χ1) is 23.1. The van der Waals surface area contributed by atoms with Crippen LogP contribution in [0.3, 0.4) is 0 Å². The zero-order chi connectivity index (χ0) is 35.7. The standard InChI is InChI=1S/C36H70NO10P/c1-3-5-7-9-11-13-14-15-16-17-18-20-22-24-26-28-35(40)45-29-32(38)30-46-48(43,44)47-31-33(36(41)42)37-34(39)27-25-23-21-19-12-10-8-6-4-2/h32-33,38H,3-31H2,1-2H3,(H,37,39)(H,41,42)(H,43,44). The first-order valence-electron chi connectivity index (χ1n) is 19.1.